The zero-order valence-electron chi connectivity index (χ0n) is 14.7. The molecule has 1 saturated heterocycles. The number of ether oxygens (including phenoxy) is 2. The number of hydrogen-bond donors (Lipinski definition) is 0. The smallest absolute Gasteiger partial charge is 0.257 e. The summed E-state index contributed by atoms with van der Waals surface area (Å²) >= 11 is 0. The summed E-state index contributed by atoms with van der Waals surface area (Å²) in [6.07, 6.45) is 4.63. The minimum Gasteiger partial charge on any atom is -0.497 e. The van der Waals surface area contributed by atoms with Gasteiger partial charge in [-0.25, -0.2) is 8.42 Å². The molecule has 0 spiro atoms. The van der Waals surface area contributed by atoms with Gasteiger partial charge in [0.15, 0.2) is 9.84 Å². The van der Waals surface area contributed by atoms with E-state index in [2.05, 4.69) is 0 Å². The minimum absolute atomic E-state index is 0.199. The molecule has 7 heteroatoms. The first kappa shape index (κ1) is 18.0. The number of hydrogen-bond acceptors (Lipinski definition) is 5. The van der Waals surface area contributed by atoms with Crippen LogP contribution in [0.25, 0.3) is 0 Å². The molecule has 0 radical (unpaired) electrons. The quantitative estimate of drug-likeness (QED) is 0.798. The Bertz CT molecular complexity index is 734. The van der Waals surface area contributed by atoms with E-state index < -0.39 is 15.1 Å². The van der Waals surface area contributed by atoms with Crippen molar-refractivity contribution in [2.24, 2.45) is 0 Å². The summed E-state index contributed by atoms with van der Waals surface area (Å²) in [7, 11) is -0.0994. The molecule has 1 aliphatic heterocycles. The molecule has 0 aromatic heterocycles. The van der Waals surface area contributed by atoms with Gasteiger partial charge in [0.05, 0.1) is 30.3 Å². The highest BCUT2D eigenvalue weighted by Crippen LogP contribution is 2.32. The largest absolute Gasteiger partial charge is 0.497 e. The number of nitrogens with zero attached hydrogens (tertiary/aromatic N) is 1. The fourth-order valence-corrected chi connectivity index (χ4v) is 5.93. The van der Waals surface area contributed by atoms with Crippen molar-refractivity contribution in [3.05, 3.63) is 23.8 Å². The van der Waals surface area contributed by atoms with Crippen molar-refractivity contribution in [3.8, 4) is 11.5 Å². The van der Waals surface area contributed by atoms with Gasteiger partial charge in [0, 0.05) is 19.2 Å². The molecule has 0 bridgehead atoms. The number of carbonyl (C=O) groups is 1. The molecule has 25 heavy (non-hydrogen) atoms. The second kappa shape index (κ2) is 7.23. The summed E-state index contributed by atoms with van der Waals surface area (Å²) in [4.78, 5) is 14.2. The molecule has 2 fully saturated rings. The van der Waals surface area contributed by atoms with Gasteiger partial charge in [0.25, 0.3) is 5.91 Å². The molecule has 0 unspecified atom stereocenters. The number of likely N-dealkylation sites (tertiary alicyclic amines) is 1. The number of methoxy groups -OCH3 is 2. The fourth-order valence-electron chi connectivity index (χ4n) is 3.62. The Labute approximate surface area is 149 Å². The first-order chi connectivity index (χ1) is 12.0. The third kappa shape index (κ3) is 3.47. The first-order valence-electron chi connectivity index (χ1n) is 8.71. The molecule has 1 aliphatic carbocycles. The van der Waals surface area contributed by atoms with Crippen LogP contribution in [0, 0.1) is 0 Å². The maximum absolute atomic E-state index is 12.7. The first-order valence-corrected chi connectivity index (χ1v) is 10.3. The van der Waals surface area contributed by atoms with Gasteiger partial charge >= 0.3 is 0 Å². The van der Waals surface area contributed by atoms with Crippen molar-refractivity contribution >= 4 is 15.7 Å². The van der Waals surface area contributed by atoms with Gasteiger partial charge in [-0.3, -0.25) is 4.79 Å². The Morgan fingerprint density at radius 3 is 2.32 bits per heavy atom. The van der Waals surface area contributed by atoms with E-state index in [0.717, 1.165) is 32.1 Å². The van der Waals surface area contributed by atoms with Crippen molar-refractivity contribution in [1.82, 2.24) is 4.90 Å². The molecule has 1 aromatic rings. The average Bonchev–Trinajstić information content (AvgIpc) is 2.60. The molecule has 1 heterocycles. The second-order valence-corrected chi connectivity index (χ2v) is 9.26. The Balaban J connectivity index is 1.67. The number of rotatable bonds is 5. The SMILES string of the molecule is COc1ccc(C(=O)N2CC(S(=O)(=O)C3CCCCC3)C2)c(OC)c1. The van der Waals surface area contributed by atoms with Crippen molar-refractivity contribution in [3.63, 3.8) is 0 Å². The number of benzene rings is 1. The number of amides is 1. The van der Waals surface area contributed by atoms with Gasteiger partial charge in [-0.2, -0.15) is 0 Å². The predicted molar refractivity (Wildman–Crippen MR) is 95.0 cm³/mol. The highest BCUT2D eigenvalue weighted by atomic mass is 32.2. The van der Waals surface area contributed by atoms with E-state index in [4.69, 9.17) is 9.47 Å². The van der Waals surface area contributed by atoms with Crippen LogP contribution in [0.5, 0.6) is 11.5 Å². The van der Waals surface area contributed by atoms with Crippen LogP contribution in [0.15, 0.2) is 18.2 Å². The number of sulfone groups is 1. The molecule has 1 aromatic carbocycles. The fraction of sp³-hybridized carbons (Fsp3) is 0.611. The second-order valence-electron chi connectivity index (χ2n) is 6.75. The zero-order chi connectivity index (χ0) is 18.0. The monoisotopic (exact) mass is 367 g/mol. The highest BCUT2D eigenvalue weighted by molar-refractivity contribution is 7.92. The Morgan fingerprint density at radius 2 is 1.72 bits per heavy atom. The van der Waals surface area contributed by atoms with Gasteiger partial charge in [0.1, 0.15) is 11.5 Å². The van der Waals surface area contributed by atoms with E-state index in [0.29, 0.717) is 17.1 Å². The molecule has 1 amide bonds. The lowest BCUT2D eigenvalue weighted by Gasteiger charge is -2.41. The third-order valence-electron chi connectivity index (χ3n) is 5.26. The summed E-state index contributed by atoms with van der Waals surface area (Å²) in [5.41, 5.74) is 0.428. The van der Waals surface area contributed by atoms with Crippen molar-refractivity contribution in [1.29, 1.82) is 0 Å². The number of carbonyl (C=O) groups excluding carboxylic acids is 1. The maximum atomic E-state index is 12.7. The van der Waals surface area contributed by atoms with Crippen molar-refractivity contribution in [2.75, 3.05) is 27.3 Å². The van der Waals surface area contributed by atoms with Crippen LogP contribution in [0.4, 0.5) is 0 Å². The van der Waals surface area contributed by atoms with E-state index >= 15 is 0 Å². The van der Waals surface area contributed by atoms with Crippen LogP contribution in [0.3, 0.4) is 0 Å². The van der Waals surface area contributed by atoms with Gasteiger partial charge in [-0.15, -0.1) is 0 Å². The van der Waals surface area contributed by atoms with Crippen molar-refractivity contribution in [2.45, 2.75) is 42.6 Å². The normalized spacial score (nSPS) is 19.4. The van der Waals surface area contributed by atoms with E-state index in [1.807, 2.05) is 0 Å². The van der Waals surface area contributed by atoms with Crippen LogP contribution < -0.4 is 9.47 Å². The molecule has 138 valence electrons. The van der Waals surface area contributed by atoms with Crippen LogP contribution in [0.2, 0.25) is 0 Å². The molecule has 0 N–H and O–H groups in total. The van der Waals surface area contributed by atoms with Crippen molar-refractivity contribution < 1.29 is 22.7 Å². The molecular weight excluding hydrogens is 342 g/mol. The Morgan fingerprint density at radius 1 is 1.04 bits per heavy atom. The van der Waals surface area contributed by atoms with Gasteiger partial charge in [-0.1, -0.05) is 19.3 Å². The predicted octanol–water partition coefficient (Wildman–Crippen LogP) is 2.28. The third-order valence-corrected chi connectivity index (χ3v) is 7.88. The summed E-state index contributed by atoms with van der Waals surface area (Å²) in [5.74, 6) is 0.840. The van der Waals surface area contributed by atoms with E-state index in [-0.39, 0.29) is 24.2 Å². The molecular formula is C18H25NO5S. The summed E-state index contributed by atoms with van der Waals surface area (Å²) in [5, 5.41) is -0.650. The van der Waals surface area contributed by atoms with Crippen LogP contribution in [0.1, 0.15) is 42.5 Å². The minimum atomic E-state index is -3.15. The topological polar surface area (TPSA) is 72.9 Å². The molecule has 3 rings (SSSR count). The van der Waals surface area contributed by atoms with Gasteiger partial charge < -0.3 is 14.4 Å². The summed E-state index contributed by atoms with van der Waals surface area (Å²) in [6, 6.07) is 5.01. The van der Waals surface area contributed by atoms with E-state index in [9.17, 15) is 13.2 Å². The van der Waals surface area contributed by atoms with Gasteiger partial charge in [0.2, 0.25) is 0 Å². The van der Waals surface area contributed by atoms with Crippen LogP contribution >= 0.6 is 0 Å². The molecule has 1 saturated carbocycles. The lowest BCUT2D eigenvalue weighted by Crippen LogP contribution is -2.58. The highest BCUT2D eigenvalue weighted by Gasteiger charge is 2.44. The van der Waals surface area contributed by atoms with Crippen LogP contribution in [-0.4, -0.2) is 57.0 Å². The van der Waals surface area contributed by atoms with Gasteiger partial charge in [-0.05, 0) is 25.0 Å². The maximum Gasteiger partial charge on any atom is 0.257 e. The summed E-state index contributed by atoms with van der Waals surface area (Å²) < 4.78 is 35.8. The standard InChI is InChI=1S/C18H25NO5S/c1-23-13-8-9-16(17(10-13)24-2)18(20)19-11-15(12-19)25(21,22)14-6-4-3-5-7-14/h8-10,14-15H,3-7,11-12H2,1-2H3. The van der Waals surface area contributed by atoms with Crippen LogP contribution in [-0.2, 0) is 9.84 Å². The zero-order valence-corrected chi connectivity index (χ0v) is 15.5. The summed E-state index contributed by atoms with van der Waals surface area (Å²) in [6.45, 7) is 0.541. The van der Waals surface area contributed by atoms with E-state index in [1.54, 1.807) is 30.2 Å². The lowest BCUT2D eigenvalue weighted by molar-refractivity contribution is 0.0654. The lowest BCUT2D eigenvalue weighted by atomic mass is 10.0. The molecule has 6 nitrogen and oxygen atoms in total. The molecule has 2 aliphatic rings. The Kier molecular flexibility index (Phi) is 5.22. The molecule has 0 atom stereocenters. The average molecular weight is 367 g/mol. The Hall–Kier alpha value is -1.76. The van der Waals surface area contributed by atoms with E-state index in [1.165, 1.54) is 7.11 Å².